The lowest BCUT2D eigenvalue weighted by Crippen LogP contribution is -2.21. The minimum absolute atomic E-state index is 0.108. The highest BCUT2D eigenvalue weighted by molar-refractivity contribution is 7.92. The lowest BCUT2D eigenvalue weighted by atomic mass is 10.2. The van der Waals surface area contributed by atoms with Crippen molar-refractivity contribution in [2.45, 2.75) is 48.8 Å². The van der Waals surface area contributed by atoms with Gasteiger partial charge >= 0.3 is 0 Å². The summed E-state index contributed by atoms with van der Waals surface area (Å²) in [6, 6.07) is 16.0. The molecule has 7 heteroatoms. The molecule has 29 heavy (non-hydrogen) atoms. The van der Waals surface area contributed by atoms with Crippen LogP contribution in [0.3, 0.4) is 0 Å². The lowest BCUT2D eigenvalue weighted by molar-refractivity contribution is 0.590. The third-order valence-corrected chi connectivity index (χ3v) is 7.20. The molecule has 1 aliphatic rings. The molecule has 1 unspecified atom stereocenters. The van der Waals surface area contributed by atoms with E-state index in [4.69, 9.17) is 0 Å². The van der Waals surface area contributed by atoms with Crippen molar-refractivity contribution >= 4 is 26.7 Å². The average Bonchev–Trinajstić information content (AvgIpc) is 3.22. The van der Waals surface area contributed by atoms with Gasteiger partial charge in [0.2, 0.25) is 9.84 Å². The predicted molar refractivity (Wildman–Crippen MR) is 112 cm³/mol. The van der Waals surface area contributed by atoms with Crippen LogP contribution < -0.4 is 5.32 Å². The molecule has 0 saturated heterocycles. The summed E-state index contributed by atoms with van der Waals surface area (Å²) in [5.41, 5.74) is 2.35. The van der Waals surface area contributed by atoms with Crippen LogP contribution in [0.25, 0.3) is 11.0 Å². The maximum atomic E-state index is 13.3. The summed E-state index contributed by atoms with van der Waals surface area (Å²) in [6.45, 7) is 1.89. The normalized spacial score (nSPS) is 15.9. The zero-order valence-electron chi connectivity index (χ0n) is 16.2. The first-order chi connectivity index (χ1) is 14.0. The van der Waals surface area contributed by atoms with Crippen LogP contribution in [0.2, 0.25) is 0 Å². The van der Waals surface area contributed by atoms with E-state index in [0.717, 1.165) is 31.2 Å². The highest BCUT2D eigenvalue weighted by Crippen LogP contribution is 2.33. The number of nitriles is 1. The van der Waals surface area contributed by atoms with Crippen molar-refractivity contribution in [1.29, 1.82) is 5.26 Å². The molecule has 2 aromatic carbocycles. The molecule has 3 aromatic rings. The van der Waals surface area contributed by atoms with Crippen molar-refractivity contribution in [3.63, 3.8) is 0 Å². The Kier molecular flexibility index (Phi) is 5.20. The lowest BCUT2D eigenvalue weighted by Gasteiger charge is -2.19. The number of hydrogen-bond donors (Lipinski definition) is 1. The minimum atomic E-state index is -3.95. The predicted octanol–water partition coefficient (Wildman–Crippen LogP) is 4.33. The summed E-state index contributed by atoms with van der Waals surface area (Å²) >= 11 is 0. The first kappa shape index (κ1) is 19.3. The van der Waals surface area contributed by atoms with Gasteiger partial charge in [0, 0.05) is 6.04 Å². The molecule has 0 amide bonds. The van der Waals surface area contributed by atoms with Crippen LogP contribution in [0, 0.1) is 18.3 Å². The summed E-state index contributed by atoms with van der Waals surface area (Å²) in [4.78, 5) is 9.32. The number of hydrogen-bond acceptors (Lipinski definition) is 6. The molecule has 1 N–H and O–H groups in total. The number of fused-ring (bicyclic) bond motifs is 1. The quantitative estimate of drug-likeness (QED) is 0.677. The van der Waals surface area contributed by atoms with Crippen molar-refractivity contribution in [2.75, 3.05) is 5.32 Å². The van der Waals surface area contributed by atoms with Crippen LogP contribution in [0.1, 0.15) is 42.2 Å². The van der Waals surface area contributed by atoms with Gasteiger partial charge < -0.3 is 5.32 Å². The summed E-state index contributed by atoms with van der Waals surface area (Å²) in [5, 5.41) is 11.8. The third-order valence-electron chi connectivity index (χ3n) is 5.32. The summed E-state index contributed by atoms with van der Waals surface area (Å²) in [6.07, 6.45) is 4.24. The molecular weight excluding hydrogens is 384 g/mol. The van der Waals surface area contributed by atoms with Gasteiger partial charge in [-0.15, -0.1) is 0 Å². The van der Waals surface area contributed by atoms with E-state index in [9.17, 15) is 13.7 Å². The van der Waals surface area contributed by atoms with Crippen LogP contribution >= 0.6 is 0 Å². The highest BCUT2D eigenvalue weighted by Gasteiger charge is 2.34. The Morgan fingerprint density at radius 3 is 2.28 bits per heavy atom. The van der Waals surface area contributed by atoms with Crippen molar-refractivity contribution < 1.29 is 8.42 Å². The van der Waals surface area contributed by atoms with Crippen LogP contribution in [-0.2, 0) is 9.84 Å². The molecule has 1 heterocycles. The zero-order chi connectivity index (χ0) is 20.4. The first-order valence-electron chi connectivity index (χ1n) is 9.72. The maximum absolute atomic E-state index is 13.3. The average molecular weight is 407 g/mol. The number of aryl methyl sites for hydroxylation is 1. The Morgan fingerprint density at radius 2 is 1.66 bits per heavy atom. The Morgan fingerprint density at radius 1 is 1.03 bits per heavy atom. The molecule has 1 aliphatic carbocycles. The van der Waals surface area contributed by atoms with E-state index in [1.165, 1.54) is 12.1 Å². The highest BCUT2D eigenvalue weighted by atomic mass is 32.2. The molecule has 148 valence electrons. The van der Waals surface area contributed by atoms with E-state index in [1.54, 1.807) is 18.2 Å². The molecule has 6 nitrogen and oxygen atoms in total. The number of nitrogens with one attached hydrogen (secondary N) is 1. The van der Waals surface area contributed by atoms with Crippen molar-refractivity contribution in [1.82, 2.24) is 9.97 Å². The number of sulfone groups is 1. The van der Waals surface area contributed by atoms with E-state index in [-0.39, 0.29) is 16.6 Å². The van der Waals surface area contributed by atoms with Gasteiger partial charge in [0.1, 0.15) is 5.69 Å². The largest absolute Gasteiger partial charge is 0.366 e. The van der Waals surface area contributed by atoms with Crippen molar-refractivity contribution in [2.24, 2.45) is 0 Å². The van der Waals surface area contributed by atoms with E-state index in [1.807, 2.05) is 31.2 Å². The van der Waals surface area contributed by atoms with Gasteiger partial charge in [0.05, 0.1) is 22.0 Å². The van der Waals surface area contributed by atoms with Gasteiger partial charge in [-0.05, 0) is 44.0 Å². The second-order valence-electron chi connectivity index (χ2n) is 7.44. The molecule has 4 rings (SSSR count). The standard InChI is InChI=1S/C22H22N4O2S/c1-15-10-12-17(13-11-15)29(27,28)20(14-23)21-22(24-16-6-2-3-7-16)26-19-9-5-4-8-18(19)25-21/h4-5,8-13,16,20H,2-3,6-7H2,1H3,(H,24,26). The van der Waals surface area contributed by atoms with Crippen molar-refractivity contribution in [3.05, 3.63) is 59.8 Å². The SMILES string of the molecule is Cc1ccc(S(=O)(=O)C(C#N)c2nc3ccccc3nc2NC2CCCC2)cc1. The second-order valence-corrected chi connectivity index (χ2v) is 9.47. The molecule has 1 fully saturated rings. The Labute approximate surface area is 170 Å². The molecule has 1 saturated carbocycles. The van der Waals surface area contributed by atoms with Gasteiger partial charge in [-0.25, -0.2) is 18.4 Å². The number of nitrogens with zero attached hydrogens (tertiary/aromatic N) is 3. The fourth-order valence-electron chi connectivity index (χ4n) is 3.71. The fraction of sp³-hybridized carbons (Fsp3) is 0.318. The summed E-state index contributed by atoms with van der Waals surface area (Å²) in [7, 11) is -3.95. The smallest absolute Gasteiger partial charge is 0.200 e. The van der Waals surface area contributed by atoms with Crippen LogP contribution in [0.15, 0.2) is 53.4 Å². The Bertz CT molecular complexity index is 1180. The number of benzene rings is 2. The monoisotopic (exact) mass is 406 g/mol. The zero-order valence-corrected chi connectivity index (χ0v) is 17.0. The van der Waals surface area contributed by atoms with E-state index < -0.39 is 15.1 Å². The third kappa shape index (κ3) is 3.81. The number of anilines is 1. The molecule has 1 aromatic heterocycles. The number of para-hydroxylation sites is 2. The molecular formula is C22H22N4O2S. The fourth-order valence-corrected chi connectivity index (χ4v) is 5.09. The van der Waals surface area contributed by atoms with Crippen LogP contribution in [-0.4, -0.2) is 24.4 Å². The molecule has 0 spiro atoms. The number of rotatable bonds is 5. The molecule has 0 radical (unpaired) electrons. The molecule has 1 atom stereocenters. The van der Waals surface area contributed by atoms with Crippen molar-refractivity contribution in [3.8, 4) is 6.07 Å². The van der Waals surface area contributed by atoms with Gasteiger partial charge in [0.25, 0.3) is 0 Å². The van der Waals surface area contributed by atoms with Gasteiger partial charge in [-0.3, -0.25) is 0 Å². The van der Waals surface area contributed by atoms with Gasteiger partial charge in [-0.1, -0.05) is 42.7 Å². The summed E-state index contributed by atoms with van der Waals surface area (Å²) in [5.74, 6) is 0.387. The topological polar surface area (TPSA) is 95.7 Å². The first-order valence-corrected chi connectivity index (χ1v) is 11.3. The maximum Gasteiger partial charge on any atom is 0.200 e. The van der Waals surface area contributed by atoms with Gasteiger partial charge in [0.15, 0.2) is 11.1 Å². The van der Waals surface area contributed by atoms with Crippen LogP contribution in [0.4, 0.5) is 5.82 Å². The van der Waals surface area contributed by atoms with Crippen LogP contribution in [0.5, 0.6) is 0 Å². The van der Waals surface area contributed by atoms with E-state index in [2.05, 4.69) is 15.3 Å². The van der Waals surface area contributed by atoms with E-state index in [0.29, 0.717) is 16.9 Å². The minimum Gasteiger partial charge on any atom is -0.366 e. The van der Waals surface area contributed by atoms with Gasteiger partial charge in [-0.2, -0.15) is 5.26 Å². The molecule has 0 bridgehead atoms. The van der Waals surface area contributed by atoms with E-state index >= 15 is 0 Å². The number of aromatic nitrogens is 2. The molecule has 0 aliphatic heterocycles. The summed E-state index contributed by atoms with van der Waals surface area (Å²) < 4.78 is 26.6. The Balaban J connectivity index is 1.84. The Hall–Kier alpha value is -2.98. The second kappa shape index (κ2) is 7.80.